The van der Waals surface area contributed by atoms with Crippen molar-refractivity contribution >= 4 is 23.2 Å². The molecular formula is C20H23N5O3. The van der Waals surface area contributed by atoms with Crippen LogP contribution >= 0.6 is 0 Å². The first kappa shape index (κ1) is 18.1. The number of hydrogen-bond donors (Lipinski definition) is 1. The van der Waals surface area contributed by atoms with Crippen LogP contribution < -0.4 is 19.7 Å². The highest BCUT2D eigenvalue weighted by molar-refractivity contribution is 5.94. The molecular weight excluding hydrogens is 358 g/mol. The number of methoxy groups -OCH3 is 2. The number of amides is 1. The molecule has 0 bridgehead atoms. The van der Waals surface area contributed by atoms with Crippen LogP contribution in [-0.4, -0.2) is 47.8 Å². The number of piperidine rings is 1. The summed E-state index contributed by atoms with van der Waals surface area (Å²) in [4.78, 5) is 15.1. The smallest absolute Gasteiger partial charge is 0.231 e. The zero-order valence-corrected chi connectivity index (χ0v) is 16.0. The van der Waals surface area contributed by atoms with Gasteiger partial charge in [0.1, 0.15) is 11.5 Å². The van der Waals surface area contributed by atoms with E-state index in [9.17, 15) is 4.79 Å². The molecule has 2 aromatic heterocycles. The first-order valence-electron chi connectivity index (χ1n) is 9.27. The summed E-state index contributed by atoms with van der Waals surface area (Å²) in [5.41, 5.74) is 1.40. The molecule has 1 aromatic carbocycles. The van der Waals surface area contributed by atoms with Crippen LogP contribution in [0.25, 0.3) is 5.65 Å². The topological polar surface area (TPSA) is 81.0 Å². The molecule has 1 N–H and O–H groups in total. The van der Waals surface area contributed by atoms with Crippen LogP contribution in [0.1, 0.15) is 12.8 Å². The predicted octanol–water partition coefficient (Wildman–Crippen LogP) is 2.60. The predicted molar refractivity (Wildman–Crippen MR) is 106 cm³/mol. The van der Waals surface area contributed by atoms with Crippen molar-refractivity contribution in [1.82, 2.24) is 14.6 Å². The number of benzene rings is 1. The van der Waals surface area contributed by atoms with Crippen molar-refractivity contribution in [2.75, 3.05) is 37.5 Å². The molecule has 8 heteroatoms. The highest BCUT2D eigenvalue weighted by Gasteiger charge is 2.28. The fourth-order valence-electron chi connectivity index (χ4n) is 3.56. The van der Waals surface area contributed by atoms with Crippen LogP contribution in [0, 0.1) is 5.92 Å². The van der Waals surface area contributed by atoms with Gasteiger partial charge in [0.2, 0.25) is 11.9 Å². The molecule has 1 aliphatic rings. The Balaban J connectivity index is 1.51. The van der Waals surface area contributed by atoms with Crippen molar-refractivity contribution in [3.05, 3.63) is 42.6 Å². The largest absolute Gasteiger partial charge is 0.497 e. The molecule has 1 aliphatic heterocycles. The number of carbonyl (C=O) groups excluding carboxylic acids is 1. The van der Waals surface area contributed by atoms with Crippen molar-refractivity contribution in [3.63, 3.8) is 0 Å². The molecule has 28 heavy (non-hydrogen) atoms. The minimum absolute atomic E-state index is 0.0370. The normalized spacial score (nSPS) is 16.8. The Hall–Kier alpha value is -3.29. The maximum atomic E-state index is 12.9. The van der Waals surface area contributed by atoms with Crippen LogP contribution in [-0.2, 0) is 4.79 Å². The fraction of sp³-hybridized carbons (Fsp3) is 0.350. The van der Waals surface area contributed by atoms with Gasteiger partial charge in [0, 0.05) is 25.4 Å². The number of aromatic nitrogens is 3. The van der Waals surface area contributed by atoms with Crippen LogP contribution in [0.4, 0.5) is 11.6 Å². The number of carbonyl (C=O) groups is 1. The van der Waals surface area contributed by atoms with Crippen LogP contribution in [0.3, 0.4) is 0 Å². The Bertz CT molecular complexity index is 987. The van der Waals surface area contributed by atoms with Crippen molar-refractivity contribution < 1.29 is 14.3 Å². The Morgan fingerprint density at radius 2 is 2.07 bits per heavy atom. The Morgan fingerprint density at radius 3 is 2.89 bits per heavy atom. The van der Waals surface area contributed by atoms with Gasteiger partial charge in [0.05, 0.1) is 25.8 Å². The number of anilines is 2. The second-order valence-corrected chi connectivity index (χ2v) is 6.77. The average molecular weight is 381 g/mol. The first-order chi connectivity index (χ1) is 13.7. The summed E-state index contributed by atoms with van der Waals surface area (Å²) in [5, 5.41) is 11.5. The summed E-state index contributed by atoms with van der Waals surface area (Å²) in [6.07, 6.45) is 3.68. The van der Waals surface area contributed by atoms with Gasteiger partial charge in [-0.1, -0.05) is 6.07 Å². The van der Waals surface area contributed by atoms with E-state index in [1.54, 1.807) is 32.4 Å². The molecule has 1 atom stereocenters. The number of fused-ring (bicyclic) bond motifs is 1. The first-order valence-corrected chi connectivity index (χ1v) is 9.27. The molecule has 0 radical (unpaired) electrons. The molecule has 3 heterocycles. The van der Waals surface area contributed by atoms with Gasteiger partial charge in [-0.05, 0) is 37.1 Å². The van der Waals surface area contributed by atoms with Crippen molar-refractivity contribution in [3.8, 4) is 11.5 Å². The van der Waals surface area contributed by atoms with Gasteiger partial charge < -0.3 is 19.7 Å². The lowest BCUT2D eigenvalue weighted by Crippen LogP contribution is -2.41. The molecule has 1 amide bonds. The van der Waals surface area contributed by atoms with Crippen molar-refractivity contribution in [1.29, 1.82) is 0 Å². The number of hydrogen-bond acceptors (Lipinski definition) is 6. The fourth-order valence-corrected chi connectivity index (χ4v) is 3.56. The van der Waals surface area contributed by atoms with E-state index < -0.39 is 0 Å². The third-order valence-electron chi connectivity index (χ3n) is 5.04. The summed E-state index contributed by atoms with van der Waals surface area (Å²) in [6, 6.07) is 11.1. The highest BCUT2D eigenvalue weighted by atomic mass is 16.5. The summed E-state index contributed by atoms with van der Waals surface area (Å²) < 4.78 is 12.6. The quantitative estimate of drug-likeness (QED) is 0.732. The zero-order chi connectivity index (χ0) is 19.5. The lowest BCUT2D eigenvalue weighted by atomic mass is 9.97. The molecule has 0 saturated carbocycles. The molecule has 1 fully saturated rings. The van der Waals surface area contributed by atoms with Crippen LogP contribution in [0.2, 0.25) is 0 Å². The molecule has 1 saturated heterocycles. The number of nitrogens with zero attached hydrogens (tertiary/aromatic N) is 4. The molecule has 1 unspecified atom stereocenters. The van der Waals surface area contributed by atoms with E-state index in [0.717, 1.165) is 31.0 Å². The minimum atomic E-state index is -0.152. The third-order valence-corrected chi connectivity index (χ3v) is 5.04. The Morgan fingerprint density at radius 1 is 1.18 bits per heavy atom. The summed E-state index contributed by atoms with van der Waals surface area (Å²) in [6.45, 7) is 1.44. The summed E-state index contributed by atoms with van der Waals surface area (Å²) in [5.74, 6) is 1.85. The maximum Gasteiger partial charge on any atom is 0.231 e. The van der Waals surface area contributed by atoms with Gasteiger partial charge in [-0.2, -0.15) is 0 Å². The Labute approximate surface area is 163 Å². The molecule has 0 spiro atoms. The monoisotopic (exact) mass is 381 g/mol. The minimum Gasteiger partial charge on any atom is -0.497 e. The number of rotatable bonds is 5. The molecule has 3 aromatic rings. The number of nitrogens with one attached hydrogen (secondary N) is 1. The van der Waals surface area contributed by atoms with Crippen molar-refractivity contribution in [2.24, 2.45) is 5.92 Å². The summed E-state index contributed by atoms with van der Waals surface area (Å²) >= 11 is 0. The standard InChI is InChI=1S/C20H23N5O3/c1-27-15-8-9-17(28-2)16(12-15)21-19(26)14-6-5-10-24(13-14)20-23-22-18-7-3-4-11-25(18)20/h3-4,7-9,11-12,14H,5-6,10,13H2,1-2H3,(H,21,26). The van der Waals surface area contributed by atoms with E-state index in [-0.39, 0.29) is 11.8 Å². The molecule has 0 aliphatic carbocycles. The Kier molecular flexibility index (Phi) is 5.01. The van der Waals surface area contributed by atoms with Gasteiger partial charge in [0.15, 0.2) is 5.65 Å². The maximum absolute atomic E-state index is 12.9. The van der Waals surface area contributed by atoms with E-state index >= 15 is 0 Å². The van der Waals surface area contributed by atoms with Gasteiger partial charge in [-0.3, -0.25) is 9.20 Å². The average Bonchev–Trinajstić information content (AvgIpc) is 3.18. The van der Waals surface area contributed by atoms with E-state index in [2.05, 4.69) is 20.4 Å². The second-order valence-electron chi connectivity index (χ2n) is 6.77. The molecule has 4 rings (SSSR count). The molecule has 8 nitrogen and oxygen atoms in total. The lowest BCUT2D eigenvalue weighted by molar-refractivity contribution is -0.120. The lowest BCUT2D eigenvalue weighted by Gasteiger charge is -2.32. The van der Waals surface area contributed by atoms with Gasteiger partial charge in [-0.25, -0.2) is 0 Å². The van der Waals surface area contributed by atoms with E-state index in [0.29, 0.717) is 23.7 Å². The SMILES string of the molecule is COc1ccc(OC)c(NC(=O)C2CCCN(c3nnc4ccccn34)C2)c1. The van der Waals surface area contributed by atoms with Crippen LogP contribution in [0.15, 0.2) is 42.6 Å². The van der Waals surface area contributed by atoms with Crippen LogP contribution in [0.5, 0.6) is 11.5 Å². The number of ether oxygens (including phenoxy) is 2. The van der Waals surface area contributed by atoms with E-state index in [4.69, 9.17) is 9.47 Å². The number of pyridine rings is 1. The van der Waals surface area contributed by atoms with Crippen molar-refractivity contribution in [2.45, 2.75) is 12.8 Å². The van der Waals surface area contributed by atoms with E-state index in [1.807, 2.05) is 28.8 Å². The second kappa shape index (κ2) is 7.75. The molecule has 146 valence electrons. The zero-order valence-electron chi connectivity index (χ0n) is 16.0. The third kappa shape index (κ3) is 3.45. The highest BCUT2D eigenvalue weighted by Crippen LogP contribution is 2.30. The van der Waals surface area contributed by atoms with Gasteiger partial charge >= 0.3 is 0 Å². The summed E-state index contributed by atoms with van der Waals surface area (Å²) in [7, 11) is 3.17. The van der Waals surface area contributed by atoms with Gasteiger partial charge in [0.25, 0.3) is 0 Å². The van der Waals surface area contributed by atoms with E-state index in [1.165, 1.54) is 0 Å². The van der Waals surface area contributed by atoms with Gasteiger partial charge in [-0.15, -0.1) is 10.2 Å².